The van der Waals surface area contributed by atoms with Gasteiger partial charge in [-0.15, -0.1) is 0 Å². The van der Waals surface area contributed by atoms with E-state index in [-0.39, 0.29) is 45.2 Å². The molecule has 22 heteroatoms. The van der Waals surface area contributed by atoms with Gasteiger partial charge in [0.05, 0.1) is 91.4 Å². The average molecular weight is 906 g/mol. The van der Waals surface area contributed by atoms with Crippen molar-refractivity contribution >= 4 is 29.5 Å². The van der Waals surface area contributed by atoms with Gasteiger partial charge >= 0.3 is 0 Å². The third kappa shape index (κ3) is 27.1. The van der Waals surface area contributed by atoms with Gasteiger partial charge in [0, 0.05) is 31.5 Å². The molecule has 12 N–H and O–H groups in total. The van der Waals surface area contributed by atoms with Crippen molar-refractivity contribution < 1.29 is 83.8 Å². The Labute approximate surface area is 368 Å². The molecule has 63 heavy (non-hydrogen) atoms. The lowest BCUT2D eigenvalue weighted by molar-refractivity contribution is -0.141. The summed E-state index contributed by atoms with van der Waals surface area (Å²) in [6.45, 7) is -6.06. The van der Waals surface area contributed by atoms with E-state index in [1.54, 1.807) is 12.1 Å². The van der Waals surface area contributed by atoms with Gasteiger partial charge < -0.3 is 86.0 Å². The summed E-state index contributed by atoms with van der Waals surface area (Å²) in [6.07, 6.45) is 0.554. The minimum absolute atomic E-state index is 0.108. The normalized spacial score (nSPS) is 11.6. The Bertz CT molecular complexity index is 1280. The van der Waals surface area contributed by atoms with Crippen molar-refractivity contribution in [1.82, 2.24) is 26.2 Å². The molecule has 0 aliphatic rings. The highest BCUT2D eigenvalue weighted by atomic mass is 16.5. The maximum atomic E-state index is 13.5. The third-order valence-electron chi connectivity index (χ3n) is 9.33. The zero-order valence-corrected chi connectivity index (χ0v) is 36.0. The molecular weight excluding hydrogens is 834 g/mol. The number of ether oxygens (including phenoxy) is 4. The van der Waals surface area contributed by atoms with Gasteiger partial charge in [-0.05, 0) is 25.0 Å². The molecule has 0 saturated heterocycles. The lowest BCUT2D eigenvalue weighted by atomic mass is 10.1. The van der Waals surface area contributed by atoms with E-state index < -0.39 is 126 Å². The van der Waals surface area contributed by atoms with Crippen LogP contribution in [0, 0.1) is 0 Å². The summed E-state index contributed by atoms with van der Waals surface area (Å²) in [4.78, 5) is 66.0. The first-order valence-electron chi connectivity index (χ1n) is 21.3. The Morgan fingerprint density at radius 1 is 0.476 bits per heavy atom. The predicted molar refractivity (Wildman–Crippen MR) is 225 cm³/mol. The minimum Gasteiger partial charge on any atom is -0.394 e. The zero-order chi connectivity index (χ0) is 46.7. The lowest BCUT2D eigenvalue weighted by Crippen LogP contribution is -2.52. The molecule has 0 saturated carbocycles. The smallest absolute Gasteiger partial charge is 0.251 e. The molecule has 0 radical (unpaired) electrons. The van der Waals surface area contributed by atoms with Crippen LogP contribution in [0.3, 0.4) is 0 Å². The maximum absolute atomic E-state index is 13.5. The van der Waals surface area contributed by atoms with Crippen LogP contribution in [0.25, 0.3) is 0 Å². The second-order valence-electron chi connectivity index (χ2n) is 14.7. The number of aliphatic hydroxyl groups is 8. The van der Waals surface area contributed by atoms with Gasteiger partial charge in [-0.25, -0.2) is 0 Å². The highest BCUT2D eigenvalue weighted by Gasteiger charge is 2.26. The number of nitrogens with one attached hydrogen (secondary N) is 4. The van der Waals surface area contributed by atoms with E-state index in [0.29, 0.717) is 25.1 Å². The van der Waals surface area contributed by atoms with Crippen LogP contribution in [0.5, 0.6) is 0 Å². The SMILES string of the molecule is O=C(CCC(=O)N(CC(=O)NC(COC(CO)CO)COC(CO)CO)CC(=O)NC(COC(CO)CO)COC(CO)CO)NCCCCCCCCNC(=O)c1ccccc1. The number of unbranched alkanes of at least 4 members (excludes halogenated alkanes) is 5. The Balaban J connectivity index is 2.88. The van der Waals surface area contributed by atoms with Crippen LogP contribution < -0.4 is 21.3 Å². The van der Waals surface area contributed by atoms with Crippen LogP contribution in [-0.2, 0) is 38.1 Å². The third-order valence-corrected chi connectivity index (χ3v) is 9.33. The number of nitrogens with zero attached hydrogens (tertiary/aromatic N) is 1. The van der Waals surface area contributed by atoms with Gasteiger partial charge in [0.2, 0.25) is 23.6 Å². The molecule has 0 bridgehead atoms. The van der Waals surface area contributed by atoms with Crippen LogP contribution in [0.1, 0.15) is 61.7 Å². The molecule has 0 atom stereocenters. The van der Waals surface area contributed by atoms with Gasteiger partial charge in [-0.2, -0.15) is 0 Å². The zero-order valence-electron chi connectivity index (χ0n) is 36.0. The molecule has 1 aromatic carbocycles. The number of aliphatic hydroxyl groups excluding tert-OH is 8. The second-order valence-corrected chi connectivity index (χ2v) is 14.7. The van der Waals surface area contributed by atoms with Crippen LogP contribution >= 0.6 is 0 Å². The minimum atomic E-state index is -1.00. The van der Waals surface area contributed by atoms with Gasteiger partial charge in [0.25, 0.3) is 5.91 Å². The molecule has 22 nitrogen and oxygen atoms in total. The van der Waals surface area contributed by atoms with Gasteiger partial charge in [-0.1, -0.05) is 43.9 Å². The number of amides is 5. The summed E-state index contributed by atoms with van der Waals surface area (Å²) in [6, 6.07) is 7.00. The second kappa shape index (κ2) is 36.4. The molecule has 362 valence electrons. The first kappa shape index (κ1) is 57.1. The van der Waals surface area contributed by atoms with Crippen molar-refractivity contribution in [2.24, 2.45) is 0 Å². The molecule has 1 rings (SSSR count). The van der Waals surface area contributed by atoms with Crippen molar-refractivity contribution in [3.05, 3.63) is 35.9 Å². The van der Waals surface area contributed by atoms with Crippen LogP contribution in [-0.4, -0.2) is 217 Å². The molecule has 0 aromatic heterocycles. The number of hydrogen-bond donors (Lipinski definition) is 12. The fraction of sp³-hybridized carbons (Fsp3) is 0.732. The van der Waals surface area contributed by atoms with E-state index in [9.17, 15) is 64.8 Å². The van der Waals surface area contributed by atoms with Crippen LogP contribution in [0.4, 0.5) is 0 Å². The summed E-state index contributed by atoms with van der Waals surface area (Å²) in [5.74, 6) is -2.90. The number of carbonyl (C=O) groups excluding carboxylic acids is 5. The standard InChI is InChI=1S/C41H71N5O17/c47-18-33(19-48)60-26-31(27-61-34(20-49)21-50)44-38(56)16-46(17-39(57)45-32(28-62-35(22-51)23-52)29-63-36(24-53)25-54)40(58)13-12-37(55)42-14-8-3-1-2-4-9-15-43-41(59)30-10-6-5-7-11-30/h5-7,10-11,31-36,47-54H,1-4,8-9,12-29H2,(H,42,55)(H,43,59)(H,44,56)(H,45,57). The number of benzene rings is 1. The maximum Gasteiger partial charge on any atom is 0.251 e. The van der Waals surface area contributed by atoms with E-state index >= 15 is 0 Å². The van der Waals surface area contributed by atoms with E-state index in [1.807, 2.05) is 18.2 Å². The molecule has 0 aliphatic heterocycles. The summed E-state index contributed by atoms with van der Waals surface area (Å²) in [5, 5.41) is 86.1. The van der Waals surface area contributed by atoms with Gasteiger partial charge in [-0.3, -0.25) is 24.0 Å². The fourth-order valence-electron chi connectivity index (χ4n) is 5.60. The molecule has 0 heterocycles. The molecule has 0 unspecified atom stereocenters. The van der Waals surface area contributed by atoms with Gasteiger partial charge in [0.15, 0.2) is 0 Å². The monoisotopic (exact) mass is 905 g/mol. The topological polar surface area (TPSA) is 335 Å². The number of carbonyl (C=O) groups is 5. The molecule has 0 spiro atoms. The Kier molecular flexibility index (Phi) is 33.0. The van der Waals surface area contributed by atoms with E-state index in [2.05, 4.69) is 21.3 Å². The lowest BCUT2D eigenvalue weighted by Gasteiger charge is -2.27. The van der Waals surface area contributed by atoms with E-state index in [4.69, 9.17) is 18.9 Å². The number of hydrogen-bond acceptors (Lipinski definition) is 17. The largest absolute Gasteiger partial charge is 0.394 e. The van der Waals surface area contributed by atoms with Crippen molar-refractivity contribution in [2.45, 2.75) is 87.9 Å². The van der Waals surface area contributed by atoms with E-state index in [0.717, 1.165) is 37.0 Å². The van der Waals surface area contributed by atoms with Crippen molar-refractivity contribution in [3.8, 4) is 0 Å². The number of rotatable bonds is 39. The Hall–Kier alpha value is -3.91. The highest BCUT2D eigenvalue weighted by molar-refractivity contribution is 5.94. The highest BCUT2D eigenvalue weighted by Crippen LogP contribution is 2.07. The van der Waals surface area contributed by atoms with Crippen LogP contribution in [0.15, 0.2) is 30.3 Å². The molecule has 0 aliphatic carbocycles. The quantitative estimate of drug-likeness (QED) is 0.0280. The fourth-order valence-corrected chi connectivity index (χ4v) is 5.60. The Morgan fingerprint density at radius 3 is 1.22 bits per heavy atom. The van der Waals surface area contributed by atoms with Crippen molar-refractivity contribution in [2.75, 3.05) is 105 Å². The molecule has 1 aromatic rings. The molecule has 5 amide bonds. The summed E-state index contributed by atoms with van der Waals surface area (Å²) in [7, 11) is 0. The summed E-state index contributed by atoms with van der Waals surface area (Å²) in [5.41, 5.74) is 0.614. The van der Waals surface area contributed by atoms with Gasteiger partial charge in [0.1, 0.15) is 37.5 Å². The first-order chi connectivity index (χ1) is 30.5. The Morgan fingerprint density at radius 2 is 0.841 bits per heavy atom. The van der Waals surface area contributed by atoms with Crippen molar-refractivity contribution in [3.63, 3.8) is 0 Å². The predicted octanol–water partition coefficient (Wildman–Crippen LogP) is -4.07. The summed E-state index contributed by atoms with van der Waals surface area (Å²) < 4.78 is 21.7. The average Bonchev–Trinajstić information content (AvgIpc) is 3.29. The van der Waals surface area contributed by atoms with Crippen molar-refractivity contribution in [1.29, 1.82) is 0 Å². The molecule has 0 fully saturated rings. The van der Waals surface area contributed by atoms with Crippen LogP contribution in [0.2, 0.25) is 0 Å². The molecular formula is C41H71N5O17. The first-order valence-corrected chi connectivity index (χ1v) is 21.3. The summed E-state index contributed by atoms with van der Waals surface area (Å²) >= 11 is 0. The van der Waals surface area contributed by atoms with E-state index in [1.165, 1.54) is 0 Å².